The van der Waals surface area contributed by atoms with Crippen LogP contribution in [0.1, 0.15) is 39.4 Å². The van der Waals surface area contributed by atoms with E-state index in [9.17, 15) is 0 Å². The van der Waals surface area contributed by atoms with Gasteiger partial charge in [-0.1, -0.05) is 0 Å². The molecule has 5 nitrogen and oxygen atoms in total. The predicted octanol–water partition coefficient (Wildman–Crippen LogP) is 2.16. The number of piperidine rings is 1. The van der Waals surface area contributed by atoms with Crippen molar-refractivity contribution in [2.45, 2.75) is 52.1 Å². The monoisotopic (exact) mass is 263 g/mol. The lowest BCUT2D eigenvalue weighted by Gasteiger charge is -2.25. The highest BCUT2D eigenvalue weighted by Gasteiger charge is 2.15. The molecule has 1 aromatic heterocycles. The van der Waals surface area contributed by atoms with Crippen molar-refractivity contribution < 1.29 is 0 Å². The summed E-state index contributed by atoms with van der Waals surface area (Å²) in [5, 5.41) is 10.3. The summed E-state index contributed by atoms with van der Waals surface area (Å²) in [6, 6.07) is 2.46. The van der Waals surface area contributed by atoms with Crippen LogP contribution in [0.3, 0.4) is 0 Å². The van der Waals surface area contributed by atoms with E-state index in [1.165, 1.54) is 12.8 Å². The molecule has 2 rings (SSSR count). The topological polar surface area (TPSA) is 61.9 Å². The van der Waals surface area contributed by atoms with Gasteiger partial charge in [0.15, 0.2) is 0 Å². The molecule has 0 spiro atoms. The highest BCUT2D eigenvalue weighted by molar-refractivity contribution is 5.49. The molecule has 1 aliphatic heterocycles. The molecule has 5 heteroatoms. The molecule has 0 saturated carbocycles. The van der Waals surface area contributed by atoms with E-state index in [0.29, 0.717) is 6.04 Å². The Balaban J connectivity index is 2.07. The Bertz CT molecular complexity index is 418. The van der Waals surface area contributed by atoms with Gasteiger partial charge in [0.2, 0.25) is 0 Å². The van der Waals surface area contributed by atoms with Gasteiger partial charge in [-0.2, -0.15) is 0 Å². The Morgan fingerprint density at radius 2 is 2.00 bits per heavy atom. The molecule has 0 amide bonds. The molecule has 2 heterocycles. The van der Waals surface area contributed by atoms with Crippen molar-refractivity contribution in [3.63, 3.8) is 0 Å². The van der Waals surface area contributed by atoms with Gasteiger partial charge in [0.25, 0.3) is 0 Å². The van der Waals surface area contributed by atoms with Crippen molar-refractivity contribution in [2.75, 3.05) is 23.7 Å². The molecule has 19 heavy (non-hydrogen) atoms. The van der Waals surface area contributed by atoms with Gasteiger partial charge in [-0.25, -0.2) is 9.97 Å². The summed E-state index contributed by atoms with van der Waals surface area (Å²) >= 11 is 0. The zero-order valence-electron chi connectivity index (χ0n) is 12.4. The number of aryl methyl sites for hydroxylation is 1. The Morgan fingerprint density at radius 3 is 2.63 bits per heavy atom. The molecule has 0 aliphatic carbocycles. The Kier molecular flexibility index (Phi) is 4.24. The van der Waals surface area contributed by atoms with Gasteiger partial charge in [0.1, 0.15) is 17.5 Å². The summed E-state index contributed by atoms with van der Waals surface area (Å²) < 4.78 is 0. The number of anilines is 2. The van der Waals surface area contributed by atoms with E-state index < -0.39 is 0 Å². The van der Waals surface area contributed by atoms with Crippen LogP contribution in [0.4, 0.5) is 11.6 Å². The number of nitrogens with one attached hydrogen (secondary N) is 3. The maximum absolute atomic E-state index is 4.47. The molecule has 106 valence electrons. The summed E-state index contributed by atoms with van der Waals surface area (Å²) in [5.74, 6) is 2.58. The lowest BCUT2D eigenvalue weighted by atomic mass is 10.1. The first-order chi connectivity index (χ1) is 8.92. The summed E-state index contributed by atoms with van der Waals surface area (Å²) in [7, 11) is 0. The van der Waals surface area contributed by atoms with E-state index in [0.717, 1.165) is 30.5 Å². The molecule has 1 saturated heterocycles. The molecule has 1 atom stereocenters. The average Bonchev–Trinajstić information content (AvgIpc) is 2.26. The van der Waals surface area contributed by atoms with Crippen molar-refractivity contribution in [2.24, 2.45) is 0 Å². The quantitative estimate of drug-likeness (QED) is 0.780. The SMILES string of the molecule is Cc1nc(NC2CCCNC2)cc(NC(C)(C)C)n1. The predicted molar refractivity (Wildman–Crippen MR) is 79.7 cm³/mol. The average molecular weight is 263 g/mol. The molecule has 1 aromatic rings. The zero-order valence-corrected chi connectivity index (χ0v) is 12.4. The normalized spacial score (nSPS) is 20.1. The van der Waals surface area contributed by atoms with Crippen molar-refractivity contribution >= 4 is 11.6 Å². The maximum atomic E-state index is 4.47. The minimum Gasteiger partial charge on any atom is -0.366 e. The fourth-order valence-electron chi connectivity index (χ4n) is 2.27. The Hall–Kier alpha value is -1.36. The Morgan fingerprint density at radius 1 is 1.26 bits per heavy atom. The molecule has 0 radical (unpaired) electrons. The van der Waals surface area contributed by atoms with Crippen LogP contribution in [-0.4, -0.2) is 34.6 Å². The number of rotatable bonds is 3. The number of hydrogen-bond acceptors (Lipinski definition) is 5. The lowest BCUT2D eigenvalue weighted by molar-refractivity contribution is 0.479. The molecule has 3 N–H and O–H groups in total. The number of aromatic nitrogens is 2. The number of nitrogens with zero attached hydrogens (tertiary/aromatic N) is 2. The fourth-order valence-corrected chi connectivity index (χ4v) is 2.27. The largest absolute Gasteiger partial charge is 0.366 e. The van der Waals surface area contributed by atoms with Crippen LogP contribution in [0, 0.1) is 6.92 Å². The fraction of sp³-hybridized carbons (Fsp3) is 0.714. The summed E-state index contributed by atoms with van der Waals surface area (Å²) in [6.07, 6.45) is 2.41. The first-order valence-electron chi connectivity index (χ1n) is 7.03. The van der Waals surface area contributed by atoms with E-state index in [2.05, 4.69) is 46.7 Å². The first kappa shape index (κ1) is 14.1. The van der Waals surface area contributed by atoms with Crippen molar-refractivity contribution in [1.29, 1.82) is 0 Å². The van der Waals surface area contributed by atoms with Gasteiger partial charge in [0.05, 0.1) is 0 Å². The summed E-state index contributed by atoms with van der Waals surface area (Å²) in [5.41, 5.74) is 0.00442. The lowest BCUT2D eigenvalue weighted by Crippen LogP contribution is -2.38. The van der Waals surface area contributed by atoms with Gasteiger partial charge < -0.3 is 16.0 Å². The minimum absolute atomic E-state index is 0.00442. The van der Waals surface area contributed by atoms with Crippen LogP contribution in [0.5, 0.6) is 0 Å². The van der Waals surface area contributed by atoms with Crippen molar-refractivity contribution in [3.8, 4) is 0 Å². The second-order valence-electron chi connectivity index (χ2n) is 6.25. The van der Waals surface area contributed by atoms with Crippen LogP contribution in [0.2, 0.25) is 0 Å². The number of hydrogen-bond donors (Lipinski definition) is 3. The van der Waals surface area contributed by atoms with Crippen LogP contribution >= 0.6 is 0 Å². The van der Waals surface area contributed by atoms with Gasteiger partial charge in [0, 0.05) is 24.2 Å². The molecule has 1 aliphatic rings. The zero-order chi connectivity index (χ0) is 13.9. The minimum atomic E-state index is 0.00442. The molecule has 0 aromatic carbocycles. The highest BCUT2D eigenvalue weighted by atomic mass is 15.1. The maximum Gasteiger partial charge on any atom is 0.132 e. The van der Waals surface area contributed by atoms with Crippen LogP contribution in [0.25, 0.3) is 0 Å². The first-order valence-corrected chi connectivity index (χ1v) is 7.03. The van der Waals surface area contributed by atoms with Crippen LogP contribution in [-0.2, 0) is 0 Å². The Labute approximate surface area is 115 Å². The molecular weight excluding hydrogens is 238 g/mol. The van der Waals surface area contributed by atoms with Crippen LogP contribution < -0.4 is 16.0 Å². The molecule has 0 bridgehead atoms. The summed E-state index contributed by atoms with van der Waals surface area (Å²) in [6.45, 7) is 10.4. The van der Waals surface area contributed by atoms with Gasteiger partial charge in [-0.15, -0.1) is 0 Å². The summed E-state index contributed by atoms with van der Waals surface area (Å²) in [4.78, 5) is 8.90. The third-order valence-electron chi connectivity index (χ3n) is 2.99. The van der Waals surface area contributed by atoms with Crippen LogP contribution in [0.15, 0.2) is 6.07 Å². The van der Waals surface area contributed by atoms with E-state index in [1.54, 1.807) is 0 Å². The third kappa shape index (κ3) is 4.67. The standard InChI is InChI=1S/C14H25N5/c1-10-16-12(18-11-6-5-7-15-9-11)8-13(17-10)19-14(2,3)4/h8,11,15H,5-7,9H2,1-4H3,(H2,16,17,18,19). The molecule has 1 fully saturated rings. The van der Waals surface area contributed by atoms with E-state index >= 15 is 0 Å². The van der Waals surface area contributed by atoms with E-state index in [-0.39, 0.29) is 5.54 Å². The van der Waals surface area contributed by atoms with Gasteiger partial charge in [-0.3, -0.25) is 0 Å². The van der Waals surface area contributed by atoms with E-state index in [4.69, 9.17) is 0 Å². The smallest absolute Gasteiger partial charge is 0.132 e. The third-order valence-corrected chi connectivity index (χ3v) is 2.99. The van der Waals surface area contributed by atoms with E-state index in [1.807, 2.05) is 13.0 Å². The van der Waals surface area contributed by atoms with Gasteiger partial charge in [-0.05, 0) is 47.1 Å². The highest BCUT2D eigenvalue weighted by Crippen LogP contribution is 2.17. The van der Waals surface area contributed by atoms with Crippen molar-refractivity contribution in [3.05, 3.63) is 11.9 Å². The second-order valence-corrected chi connectivity index (χ2v) is 6.25. The van der Waals surface area contributed by atoms with Crippen molar-refractivity contribution in [1.82, 2.24) is 15.3 Å². The molecule has 1 unspecified atom stereocenters. The van der Waals surface area contributed by atoms with Gasteiger partial charge >= 0.3 is 0 Å². The second kappa shape index (κ2) is 5.74. The molecular formula is C14H25N5.